The van der Waals surface area contributed by atoms with Crippen molar-refractivity contribution in [2.45, 2.75) is 36.6 Å². The molecule has 0 spiro atoms. The largest absolute Gasteiger partial charge is 0.381 e. The lowest BCUT2D eigenvalue weighted by molar-refractivity contribution is -0.136. The van der Waals surface area contributed by atoms with Crippen LogP contribution in [0.4, 0.5) is 0 Å². The predicted molar refractivity (Wildman–Crippen MR) is 129 cm³/mol. The highest BCUT2D eigenvalue weighted by molar-refractivity contribution is 6.35. The molecule has 33 heavy (non-hydrogen) atoms. The van der Waals surface area contributed by atoms with Gasteiger partial charge >= 0.3 is 0 Å². The molecule has 1 saturated carbocycles. The van der Waals surface area contributed by atoms with Crippen LogP contribution >= 0.6 is 34.8 Å². The number of rotatable bonds is 4. The molecule has 3 aliphatic rings. The van der Waals surface area contributed by atoms with E-state index in [0.717, 1.165) is 11.1 Å². The van der Waals surface area contributed by atoms with Crippen molar-refractivity contribution in [3.63, 3.8) is 0 Å². The molecule has 8 heteroatoms. The van der Waals surface area contributed by atoms with Gasteiger partial charge in [0, 0.05) is 34.1 Å². The normalized spacial score (nSPS) is 31.2. The molecule has 2 N–H and O–H groups in total. The van der Waals surface area contributed by atoms with Crippen molar-refractivity contribution in [1.82, 2.24) is 10.6 Å². The first kappa shape index (κ1) is 23.0. The molecule has 3 fully saturated rings. The molecule has 1 aliphatic carbocycles. The standard InChI is InChI=1S/C25H25Cl3N2O3/c26-16-3-1-14(2-4-16)22-19(18-6-5-17(27)11-21(18)28)7-9-25(20(22)12-29-24(25)32)30-23(31)15-8-10-33-13-15/h1-6,11,15,19-20,22H,7-10,12-13H2,(H,29,32)(H,30,31)/t15?,19-,20-,22-,25-/m0/s1. The van der Waals surface area contributed by atoms with Gasteiger partial charge in [-0.3, -0.25) is 9.59 Å². The van der Waals surface area contributed by atoms with Gasteiger partial charge < -0.3 is 15.4 Å². The Labute approximate surface area is 208 Å². The van der Waals surface area contributed by atoms with Crippen LogP contribution in [0.1, 0.15) is 42.2 Å². The van der Waals surface area contributed by atoms with E-state index in [1.54, 1.807) is 6.07 Å². The average Bonchev–Trinajstić information content (AvgIpc) is 3.44. The van der Waals surface area contributed by atoms with Crippen molar-refractivity contribution in [2.24, 2.45) is 11.8 Å². The van der Waals surface area contributed by atoms with Crippen LogP contribution in [0.3, 0.4) is 0 Å². The molecule has 5 rings (SSSR count). The van der Waals surface area contributed by atoms with Crippen LogP contribution in [0, 0.1) is 11.8 Å². The minimum atomic E-state index is -0.959. The van der Waals surface area contributed by atoms with E-state index in [-0.39, 0.29) is 35.5 Å². The summed E-state index contributed by atoms with van der Waals surface area (Å²) in [5, 5.41) is 8.07. The zero-order valence-corrected chi connectivity index (χ0v) is 20.2. The Kier molecular flexibility index (Phi) is 6.34. The number of amides is 2. The summed E-state index contributed by atoms with van der Waals surface area (Å²) < 4.78 is 5.40. The summed E-state index contributed by atoms with van der Waals surface area (Å²) >= 11 is 19.0. The van der Waals surface area contributed by atoms with Crippen LogP contribution in [0.25, 0.3) is 0 Å². The lowest BCUT2D eigenvalue weighted by atomic mass is 9.60. The van der Waals surface area contributed by atoms with Gasteiger partial charge in [0.1, 0.15) is 5.54 Å². The van der Waals surface area contributed by atoms with E-state index in [1.807, 2.05) is 36.4 Å². The zero-order chi connectivity index (χ0) is 23.2. The Morgan fingerprint density at radius 2 is 1.82 bits per heavy atom. The van der Waals surface area contributed by atoms with Gasteiger partial charge in [0.2, 0.25) is 11.8 Å². The Morgan fingerprint density at radius 3 is 2.52 bits per heavy atom. The molecule has 174 valence electrons. The van der Waals surface area contributed by atoms with Gasteiger partial charge in [-0.15, -0.1) is 0 Å². The summed E-state index contributed by atoms with van der Waals surface area (Å²) in [6.45, 7) is 1.46. The molecular formula is C25H25Cl3N2O3. The number of hydrogen-bond acceptors (Lipinski definition) is 3. The van der Waals surface area contributed by atoms with Crippen LogP contribution in [0.5, 0.6) is 0 Å². The van der Waals surface area contributed by atoms with Crippen molar-refractivity contribution in [3.8, 4) is 0 Å². The first-order valence-electron chi connectivity index (χ1n) is 11.3. The molecule has 5 atom stereocenters. The van der Waals surface area contributed by atoms with Crippen LogP contribution in [-0.2, 0) is 14.3 Å². The quantitative estimate of drug-likeness (QED) is 0.616. The van der Waals surface area contributed by atoms with Crippen molar-refractivity contribution in [2.75, 3.05) is 19.8 Å². The first-order valence-corrected chi connectivity index (χ1v) is 12.4. The number of halogens is 3. The van der Waals surface area contributed by atoms with Crippen molar-refractivity contribution < 1.29 is 14.3 Å². The van der Waals surface area contributed by atoms with Crippen molar-refractivity contribution >= 4 is 46.6 Å². The second kappa shape index (κ2) is 9.10. The van der Waals surface area contributed by atoms with E-state index in [1.165, 1.54) is 0 Å². The number of carbonyl (C=O) groups is 2. The summed E-state index contributed by atoms with van der Waals surface area (Å²) in [5.41, 5.74) is 1.11. The van der Waals surface area contributed by atoms with Gasteiger partial charge in [-0.2, -0.15) is 0 Å². The molecule has 2 amide bonds. The van der Waals surface area contributed by atoms with Crippen molar-refractivity contribution in [1.29, 1.82) is 0 Å². The van der Waals surface area contributed by atoms with Gasteiger partial charge in [0.25, 0.3) is 0 Å². The third kappa shape index (κ3) is 4.14. The highest BCUT2D eigenvalue weighted by atomic mass is 35.5. The van der Waals surface area contributed by atoms with E-state index in [0.29, 0.717) is 54.1 Å². The Bertz CT molecular complexity index is 1070. The minimum absolute atomic E-state index is 0.0474. The maximum absolute atomic E-state index is 13.2. The number of fused-ring (bicyclic) bond motifs is 1. The summed E-state index contributed by atoms with van der Waals surface area (Å²) in [7, 11) is 0. The molecular weight excluding hydrogens is 483 g/mol. The van der Waals surface area contributed by atoms with Crippen LogP contribution in [0.2, 0.25) is 15.1 Å². The van der Waals surface area contributed by atoms with Gasteiger partial charge in [-0.25, -0.2) is 0 Å². The summed E-state index contributed by atoms with van der Waals surface area (Å²) in [6.07, 6.45) is 1.91. The van der Waals surface area contributed by atoms with Crippen LogP contribution in [-0.4, -0.2) is 37.1 Å². The first-order chi connectivity index (χ1) is 15.9. The molecule has 1 unspecified atom stereocenters. The molecule has 0 radical (unpaired) electrons. The fourth-order valence-electron chi connectivity index (χ4n) is 5.85. The zero-order valence-electron chi connectivity index (χ0n) is 18.0. The van der Waals surface area contributed by atoms with Crippen LogP contribution in [0.15, 0.2) is 42.5 Å². The fraction of sp³-hybridized carbons (Fsp3) is 0.440. The molecule has 2 aromatic carbocycles. The third-order valence-electron chi connectivity index (χ3n) is 7.50. The lowest BCUT2D eigenvalue weighted by Crippen LogP contribution is -2.61. The minimum Gasteiger partial charge on any atom is -0.381 e. The van der Waals surface area contributed by atoms with Gasteiger partial charge in [0.15, 0.2) is 0 Å². The van der Waals surface area contributed by atoms with Gasteiger partial charge in [-0.1, -0.05) is 53.0 Å². The maximum atomic E-state index is 13.2. The lowest BCUT2D eigenvalue weighted by Gasteiger charge is -2.47. The second-order valence-corrected chi connectivity index (χ2v) is 10.5. The van der Waals surface area contributed by atoms with E-state index in [9.17, 15) is 9.59 Å². The number of ether oxygens (including phenoxy) is 1. The maximum Gasteiger partial charge on any atom is 0.246 e. The van der Waals surface area contributed by atoms with E-state index < -0.39 is 5.54 Å². The van der Waals surface area contributed by atoms with Gasteiger partial charge in [0.05, 0.1) is 12.5 Å². The topological polar surface area (TPSA) is 67.4 Å². The molecule has 5 nitrogen and oxygen atoms in total. The number of carbonyl (C=O) groups excluding carboxylic acids is 2. The summed E-state index contributed by atoms with van der Waals surface area (Å²) in [4.78, 5) is 26.3. The fourth-order valence-corrected chi connectivity index (χ4v) is 6.53. The van der Waals surface area contributed by atoms with E-state index in [4.69, 9.17) is 39.5 Å². The predicted octanol–water partition coefficient (Wildman–Crippen LogP) is 4.95. The second-order valence-electron chi connectivity index (χ2n) is 9.23. The number of hydrogen-bond donors (Lipinski definition) is 2. The molecule has 2 saturated heterocycles. The van der Waals surface area contributed by atoms with Crippen molar-refractivity contribution in [3.05, 3.63) is 68.7 Å². The third-order valence-corrected chi connectivity index (χ3v) is 8.32. The highest BCUT2D eigenvalue weighted by Crippen LogP contribution is 2.54. The molecule has 0 aromatic heterocycles. The van der Waals surface area contributed by atoms with E-state index in [2.05, 4.69) is 10.6 Å². The van der Waals surface area contributed by atoms with E-state index >= 15 is 0 Å². The Morgan fingerprint density at radius 1 is 1.06 bits per heavy atom. The van der Waals surface area contributed by atoms with Crippen LogP contribution < -0.4 is 10.6 Å². The highest BCUT2D eigenvalue weighted by Gasteiger charge is 2.59. The average molecular weight is 508 g/mol. The monoisotopic (exact) mass is 506 g/mol. The number of nitrogens with one attached hydrogen (secondary N) is 2. The smallest absolute Gasteiger partial charge is 0.246 e. The summed E-state index contributed by atoms with van der Waals surface area (Å²) in [5.74, 6) is -0.553. The molecule has 2 aliphatic heterocycles. The molecule has 2 heterocycles. The Hall–Kier alpha value is -1.79. The Balaban J connectivity index is 1.56. The number of benzene rings is 2. The SMILES string of the molecule is O=C(N[C@@]12CC[C@@H](c3ccc(Cl)cc3Cl)[C@H](c3ccc(Cl)cc3)[C@@H]1CNC2=O)C1CCOC1. The summed E-state index contributed by atoms with van der Waals surface area (Å²) in [6, 6.07) is 13.3. The molecule has 0 bridgehead atoms. The molecule has 2 aromatic rings. The van der Waals surface area contributed by atoms with Gasteiger partial charge in [-0.05, 0) is 66.5 Å².